The van der Waals surface area contributed by atoms with Crippen LogP contribution in [-0.2, 0) is 5.75 Å². The van der Waals surface area contributed by atoms with E-state index < -0.39 is 5.69 Å². The Morgan fingerprint density at radius 2 is 1.71 bits per heavy atom. The molecule has 0 radical (unpaired) electrons. The van der Waals surface area contributed by atoms with Crippen LogP contribution < -0.4 is 11.2 Å². The van der Waals surface area contributed by atoms with Gasteiger partial charge in [0.25, 0.3) is 5.56 Å². The fraction of sp³-hybridized carbons (Fsp3) is 0.333. The highest BCUT2D eigenvalue weighted by Gasteiger charge is 2.02. The molecule has 0 saturated carbocycles. The Morgan fingerprint density at radius 3 is 2.33 bits per heavy atom. The first-order valence-electron chi connectivity index (χ1n) is 6.85. The van der Waals surface area contributed by atoms with Crippen LogP contribution in [0.15, 0.2) is 49.8 Å². The molecule has 1 aromatic carbocycles. The van der Waals surface area contributed by atoms with E-state index in [9.17, 15) is 9.59 Å². The molecule has 112 valence electrons. The lowest BCUT2D eigenvalue weighted by Crippen LogP contribution is -2.24. The number of nitrogens with one attached hydrogen (secondary N) is 2. The highest BCUT2D eigenvalue weighted by molar-refractivity contribution is 7.99. The quantitative estimate of drug-likeness (QED) is 0.606. The van der Waals surface area contributed by atoms with Gasteiger partial charge in [0.15, 0.2) is 0 Å². The van der Waals surface area contributed by atoms with E-state index in [2.05, 4.69) is 41.2 Å². The van der Waals surface area contributed by atoms with Crippen molar-refractivity contribution < 1.29 is 0 Å². The van der Waals surface area contributed by atoms with Crippen LogP contribution in [0.25, 0.3) is 0 Å². The minimum absolute atomic E-state index is 0.321. The van der Waals surface area contributed by atoms with E-state index in [-0.39, 0.29) is 5.56 Å². The van der Waals surface area contributed by atoms with Crippen LogP contribution >= 0.6 is 23.5 Å². The number of aromatic nitrogens is 2. The van der Waals surface area contributed by atoms with Crippen molar-refractivity contribution in [2.75, 3.05) is 5.75 Å². The molecule has 21 heavy (non-hydrogen) atoms. The molecule has 0 bridgehead atoms. The summed E-state index contributed by atoms with van der Waals surface area (Å²) in [5.41, 5.74) is -0.221. The second kappa shape index (κ2) is 8.14. The molecule has 4 nitrogen and oxygen atoms in total. The summed E-state index contributed by atoms with van der Waals surface area (Å²) in [5.74, 6) is 1.68. The number of aromatic amines is 2. The third kappa shape index (κ3) is 5.13. The van der Waals surface area contributed by atoms with Gasteiger partial charge in [0.1, 0.15) is 0 Å². The van der Waals surface area contributed by atoms with Gasteiger partial charge in [-0.3, -0.25) is 9.78 Å². The predicted octanol–water partition coefficient (Wildman–Crippen LogP) is 3.25. The third-order valence-electron chi connectivity index (χ3n) is 2.88. The van der Waals surface area contributed by atoms with Gasteiger partial charge in [0.2, 0.25) is 0 Å². The summed E-state index contributed by atoms with van der Waals surface area (Å²) in [4.78, 5) is 29.6. The number of unbranched alkanes of at least 4 members (excludes halogenated alkanes) is 1. The fourth-order valence-corrected chi connectivity index (χ4v) is 3.53. The van der Waals surface area contributed by atoms with Crippen molar-refractivity contribution in [1.82, 2.24) is 9.97 Å². The van der Waals surface area contributed by atoms with E-state index >= 15 is 0 Å². The summed E-state index contributed by atoms with van der Waals surface area (Å²) >= 11 is 3.45. The van der Waals surface area contributed by atoms with Crippen LogP contribution in [0.3, 0.4) is 0 Å². The van der Waals surface area contributed by atoms with Gasteiger partial charge in [-0.15, -0.1) is 23.5 Å². The maximum atomic E-state index is 11.6. The molecule has 0 fully saturated rings. The Bertz CT molecular complexity index is 677. The molecule has 0 unspecified atom stereocenters. The van der Waals surface area contributed by atoms with Crippen LogP contribution in [0.2, 0.25) is 0 Å². The van der Waals surface area contributed by atoms with Crippen molar-refractivity contribution in [1.29, 1.82) is 0 Å². The van der Waals surface area contributed by atoms with Crippen molar-refractivity contribution in [3.8, 4) is 0 Å². The first kappa shape index (κ1) is 16.0. The standard InChI is InChI=1S/C15H18N2O2S2/c1-2-3-8-20-12-4-6-13(7-5-12)21-10-11-9-16-15(19)17-14(11)18/h4-7,9H,2-3,8,10H2,1H3,(H2,16,17,18,19). The summed E-state index contributed by atoms with van der Waals surface area (Å²) in [5, 5.41) is 0. The lowest BCUT2D eigenvalue weighted by Gasteiger charge is -2.04. The summed E-state index contributed by atoms with van der Waals surface area (Å²) in [6, 6.07) is 8.36. The zero-order valence-corrected chi connectivity index (χ0v) is 13.5. The predicted molar refractivity (Wildman–Crippen MR) is 89.3 cm³/mol. The normalized spacial score (nSPS) is 10.7. The average molecular weight is 322 g/mol. The number of H-pyrrole nitrogens is 2. The van der Waals surface area contributed by atoms with Gasteiger partial charge in [0.05, 0.1) is 0 Å². The molecule has 0 aliphatic carbocycles. The molecular weight excluding hydrogens is 304 g/mol. The number of thioether (sulfide) groups is 2. The highest BCUT2D eigenvalue weighted by Crippen LogP contribution is 2.25. The van der Waals surface area contributed by atoms with E-state index in [0.29, 0.717) is 11.3 Å². The van der Waals surface area contributed by atoms with Crippen molar-refractivity contribution in [3.05, 3.63) is 56.9 Å². The molecule has 2 N–H and O–H groups in total. The zero-order valence-electron chi connectivity index (χ0n) is 11.8. The number of rotatable bonds is 7. The monoisotopic (exact) mass is 322 g/mol. The van der Waals surface area contributed by atoms with Crippen molar-refractivity contribution in [2.24, 2.45) is 0 Å². The zero-order chi connectivity index (χ0) is 15.1. The van der Waals surface area contributed by atoms with Crippen LogP contribution in [0.4, 0.5) is 0 Å². The molecule has 0 spiro atoms. The van der Waals surface area contributed by atoms with Crippen molar-refractivity contribution >= 4 is 23.5 Å². The summed E-state index contributed by atoms with van der Waals surface area (Å²) in [7, 11) is 0. The second-order valence-corrected chi connectivity index (χ2v) is 6.78. The molecule has 6 heteroatoms. The van der Waals surface area contributed by atoms with Gasteiger partial charge in [-0.25, -0.2) is 4.79 Å². The Balaban J connectivity index is 1.91. The Morgan fingerprint density at radius 1 is 1.05 bits per heavy atom. The molecule has 0 aliphatic heterocycles. The van der Waals surface area contributed by atoms with Gasteiger partial charge >= 0.3 is 5.69 Å². The number of hydrogen-bond donors (Lipinski definition) is 2. The van der Waals surface area contributed by atoms with Gasteiger partial charge in [-0.05, 0) is 36.4 Å². The van der Waals surface area contributed by atoms with E-state index in [4.69, 9.17) is 0 Å². The Kier molecular flexibility index (Phi) is 6.20. The lowest BCUT2D eigenvalue weighted by molar-refractivity contribution is 0.896. The minimum Gasteiger partial charge on any atom is -0.314 e. The van der Waals surface area contributed by atoms with Gasteiger partial charge in [-0.2, -0.15) is 0 Å². The minimum atomic E-state index is -0.470. The van der Waals surface area contributed by atoms with E-state index in [1.165, 1.54) is 23.9 Å². The topological polar surface area (TPSA) is 65.7 Å². The average Bonchev–Trinajstić information content (AvgIpc) is 2.48. The van der Waals surface area contributed by atoms with Crippen LogP contribution in [0, 0.1) is 0 Å². The Hall–Kier alpha value is -1.40. The van der Waals surface area contributed by atoms with Crippen LogP contribution in [0.1, 0.15) is 25.3 Å². The van der Waals surface area contributed by atoms with E-state index in [0.717, 1.165) is 10.6 Å². The smallest absolute Gasteiger partial charge is 0.314 e. The molecule has 0 aliphatic rings. The van der Waals surface area contributed by atoms with E-state index in [1.54, 1.807) is 11.8 Å². The molecule has 2 rings (SSSR count). The third-order valence-corrected chi connectivity index (χ3v) is 5.04. The molecule has 1 aromatic heterocycles. The molecule has 0 saturated heterocycles. The van der Waals surface area contributed by atoms with Crippen molar-refractivity contribution in [2.45, 2.75) is 35.3 Å². The van der Waals surface area contributed by atoms with Crippen molar-refractivity contribution in [3.63, 3.8) is 0 Å². The highest BCUT2D eigenvalue weighted by atomic mass is 32.2. The van der Waals surface area contributed by atoms with Crippen LogP contribution in [-0.4, -0.2) is 15.7 Å². The second-order valence-electron chi connectivity index (χ2n) is 4.56. The Labute approximate surface area is 131 Å². The first-order chi connectivity index (χ1) is 10.2. The van der Waals surface area contributed by atoms with Gasteiger partial charge in [-0.1, -0.05) is 13.3 Å². The van der Waals surface area contributed by atoms with E-state index in [1.807, 2.05) is 11.8 Å². The maximum absolute atomic E-state index is 11.6. The summed E-state index contributed by atoms with van der Waals surface area (Å²) in [6.45, 7) is 2.19. The SMILES string of the molecule is CCCCSc1ccc(SCc2c[nH]c(=O)[nH]c2=O)cc1. The fourth-order valence-electron chi connectivity index (χ4n) is 1.67. The lowest BCUT2D eigenvalue weighted by atomic mass is 10.4. The van der Waals surface area contributed by atoms with Gasteiger partial charge in [0, 0.05) is 27.3 Å². The maximum Gasteiger partial charge on any atom is 0.325 e. The number of hydrogen-bond acceptors (Lipinski definition) is 4. The summed E-state index contributed by atoms with van der Waals surface area (Å²) < 4.78 is 0. The number of benzene rings is 1. The molecule has 0 amide bonds. The largest absolute Gasteiger partial charge is 0.325 e. The molecular formula is C15H18N2O2S2. The molecule has 2 aromatic rings. The molecule has 1 heterocycles. The first-order valence-corrected chi connectivity index (χ1v) is 8.82. The van der Waals surface area contributed by atoms with Crippen LogP contribution in [0.5, 0.6) is 0 Å². The van der Waals surface area contributed by atoms with Gasteiger partial charge < -0.3 is 4.98 Å². The molecule has 0 atom stereocenters. The summed E-state index contributed by atoms with van der Waals surface area (Å²) in [6.07, 6.45) is 3.92.